The van der Waals surface area contributed by atoms with Crippen molar-refractivity contribution in [3.05, 3.63) is 46.6 Å². The number of aromatic carboxylic acids is 1. The highest BCUT2D eigenvalue weighted by molar-refractivity contribution is 7.15. The number of fused-ring (bicyclic) bond motifs is 1. The van der Waals surface area contributed by atoms with Crippen molar-refractivity contribution < 1.29 is 14.6 Å². The minimum absolute atomic E-state index is 0.0411. The Hall–Kier alpha value is -2.18. The van der Waals surface area contributed by atoms with E-state index in [1.165, 1.54) is 0 Å². The summed E-state index contributed by atoms with van der Waals surface area (Å²) in [5.41, 5.74) is 0.783. The molecule has 0 radical (unpaired) electrons. The first-order chi connectivity index (χ1) is 9.63. The van der Waals surface area contributed by atoms with E-state index in [9.17, 15) is 4.79 Å². The Morgan fingerprint density at radius 1 is 1.35 bits per heavy atom. The molecule has 0 amide bonds. The van der Waals surface area contributed by atoms with Gasteiger partial charge in [0.25, 0.3) is 5.19 Å². The Morgan fingerprint density at radius 2 is 2.20 bits per heavy atom. The molecule has 7 heteroatoms. The molecule has 20 heavy (non-hydrogen) atoms. The molecule has 0 bridgehead atoms. The quantitative estimate of drug-likeness (QED) is 0.796. The van der Waals surface area contributed by atoms with Crippen molar-refractivity contribution >= 4 is 39.8 Å². The Labute approximate surface area is 122 Å². The largest absolute Gasteiger partial charge is 0.477 e. The Bertz CT molecular complexity index is 803. The van der Waals surface area contributed by atoms with Gasteiger partial charge in [0.1, 0.15) is 5.75 Å². The molecule has 3 aromatic rings. The van der Waals surface area contributed by atoms with Crippen molar-refractivity contribution in [2.45, 2.75) is 0 Å². The molecule has 0 aliphatic carbocycles. The van der Waals surface area contributed by atoms with Crippen LogP contribution in [0.1, 0.15) is 9.67 Å². The van der Waals surface area contributed by atoms with E-state index in [-0.39, 0.29) is 15.2 Å². The second-order valence-corrected chi connectivity index (χ2v) is 5.18. The molecule has 0 atom stereocenters. The van der Waals surface area contributed by atoms with Crippen molar-refractivity contribution in [3.8, 4) is 10.9 Å². The molecule has 2 heterocycles. The lowest BCUT2D eigenvalue weighted by Gasteiger charge is -2.02. The summed E-state index contributed by atoms with van der Waals surface area (Å²) in [7, 11) is 0. The highest BCUT2D eigenvalue weighted by Gasteiger charge is 2.17. The second kappa shape index (κ2) is 5.07. The Kier molecular flexibility index (Phi) is 3.25. The van der Waals surface area contributed by atoms with E-state index >= 15 is 0 Å². The SMILES string of the molecule is O=C(O)c1sc(Oc2ccc3cccnc3c2)nc1Cl. The van der Waals surface area contributed by atoms with Gasteiger partial charge in [-0.15, -0.1) is 0 Å². The van der Waals surface area contributed by atoms with Crippen molar-refractivity contribution in [2.75, 3.05) is 0 Å². The van der Waals surface area contributed by atoms with Gasteiger partial charge in [-0.1, -0.05) is 29.0 Å². The topological polar surface area (TPSA) is 72.3 Å². The number of hydrogen-bond donors (Lipinski definition) is 1. The number of rotatable bonds is 3. The number of ether oxygens (including phenoxy) is 1. The summed E-state index contributed by atoms with van der Waals surface area (Å²) in [6.07, 6.45) is 1.69. The summed E-state index contributed by atoms with van der Waals surface area (Å²) in [4.78, 5) is 18.9. The number of carbonyl (C=O) groups is 1. The first-order valence-corrected chi connectivity index (χ1v) is 6.75. The smallest absolute Gasteiger partial charge is 0.349 e. The monoisotopic (exact) mass is 306 g/mol. The minimum atomic E-state index is -1.12. The van der Waals surface area contributed by atoms with Crippen molar-refractivity contribution in [1.29, 1.82) is 0 Å². The van der Waals surface area contributed by atoms with E-state index in [4.69, 9.17) is 21.4 Å². The zero-order chi connectivity index (χ0) is 14.1. The van der Waals surface area contributed by atoms with Crippen LogP contribution in [0, 0.1) is 0 Å². The molecule has 1 N–H and O–H groups in total. The number of nitrogens with zero attached hydrogens (tertiary/aromatic N) is 2. The molecular weight excluding hydrogens is 300 g/mol. The van der Waals surface area contributed by atoms with Crippen LogP contribution in [0.5, 0.6) is 10.9 Å². The Morgan fingerprint density at radius 3 is 2.95 bits per heavy atom. The summed E-state index contributed by atoms with van der Waals surface area (Å²) in [5.74, 6) is -0.596. The van der Waals surface area contributed by atoms with Crippen molar-refractivity contribution in [1.82, 2.24) is 9.97 Å². The van der Waals surface area contributed by atoms with Gasteiger partial charge >= 0.3 is 5.97 Å². The van der Waals surface area contributed by atoms with Crippen LogP contribution in [0.3, 0.4) is 0 Å². The molecule has 0 saturated carbocycles. The zero-order valence-corrected chi connectivity index (χ0v) is 11.5. The number of pyridine rings is 1. The molecule has 0 aliphatic heterocycles. The van der Waals surface area contributed by atoms with Gasteiger partial charge < -0.3 is 9.84 Å². The molecule has 100 valence electrons. The summed E-state index contributed by atoms with van der Waals surface area (Å²) in [6.45, 7) is 0. The highest BCUT2D eigenvalue weighted by atomic mass is 35.5. The molecule has 2 aromatic heterocycles. The van der Waals surface area contributed by atoms with Crippen molar-refractivity contribution in [2.24, 2.45) is 0 Å². The van der Waals surface area contributed by atoms with Gasteiger partial charge in [0.05, 0.1) is 5.52 Å². The maximum absolute atomic E-state index is 10.9. The minimum Gasteiger partial charge on any atom is -0.477 e. The van der Waals surface area contributed by atoms with E-state index in [2.05, 4.69) is 9.97 Å². The molecule has 0 aliphatic rings. The molecule has 0 spiro atoms. The fourth-order valence-electron chi connectivity index (χ4n) is 1.67. The van der Waals surface area contributed by atoms with Gasteiger partial charge in [-0.25, -0.2) is 4.79 Å². The number of hydrogen-bond acceptors (Lipinski definition) is 5. The number of halogens is 1. The highest BCUT2D eigenvalue weighted by Crippen LogP contribution is 2.32. The van der Waals surface area contributed by atoms with E-state index in [1.807, 2.05) is 18.2 Å². The van der Waals surface area contributed by atoms with Crippen LogP contribution in [-0.2, 0) is 0 Å². The molecule has 5 nitrogen and oxygen atoms in total. The van der Waals surface area contributed by atoms with Crippen LogP contribution < -0.4 is 4.74 Å². The fourth-order valence-corrected chi connectivity index (χ4v) is 2.66. The third-order valence-electron chi connectivity index (χ3n) is 2.54. The van der Waals surface area contributed by atoms with E-state index in [1.54, 1.807) is 18.3 Å². The number of aromatic nitrogens is 2. The zero-order valence-electron chi connectivity index (χ0n) is 9.91. The number of thiazole rings is 1. The van der Waals surface area contributed by atoms with Crippen LogP contribution in [0.25, 0.3) is 10.9 Å². The fraction of sp³-hybridized carbons (Fsp3) is 0. The van der Waals surface area contributed by atoms with Crippen LogP contribution in [0.4, 0.5) is 0 Å². The van der Waals surface area contributed by atoms with E-state index < -0.39 is 5.97 Å². The molecule has 0 fully saturated rings. The van der Waals surface area contributed by atoms with Gasteiger partial charge in [0.15, 0.2) is 10.0 Å². The molecule has 0 saturated heterocycles. The predicted octanol–water partition coefficient (Wildman–Crippen LogP) is 3.84. The average Bonchev–Trinajstić information content (AvgIpc) is 2.79. The van der Waals surface area contributed by atoms with Crippen LogP contribution in [-0.4, -0.2) is 21.0 Å². The standard InChI is InChI=1S/C13H7ClN2O3S/c14-11-10(12(17)18)20-13(16-11)19-8-4-3-7-2-1-5-15-9(7)6-8/h1-6H,(H,17,18). The number of carboxylic acids is 1. The second-order valence-electron chi connectivity index (χ2n) is 3.86. The van der Waals surface area contributed by atoms with Gasteiger partial charge in [-0.05, 0) is 18.2 Å². The summed E-state index contributed by atoms with van der Waals surface area (Å²) in [6, 6.07) is 9.17. The van der Waals surface area contributed by atoms with Gasteiger partial charge in [0.2, 0.25) is 0 Å². The first kappa shape index (κ1) is 12.8. The van der Waals surface area contributed by atoms with Gasteiger partial charge in [0, 0.05) is 17.6 Å². The third-order valence-corrected chi connectivity index (χ3v) is 3.85. The van der Waals surface area contributed by atoms with Crippen molar-refractivity contribution in [3.63, 3.8) is 0 Å². The third kappa shape index (κ3) is 2.43. The number of benzene rings is 1. The lowest BCUT2D eigenvalue weighted by molar-refractivity contribution is 0.0702. The molecular formula is C13H7ClN2O3S. The van der Waals surface area contributed by atoms with E-state index in [0.717, 1.165) is 22.2 Å². The van der Waals surface area contributed by atoms with Gasteiger partial charge in [-0.2, -0.15) is 4.98 Å². The summed E-state index contributed by atoms with van der Waals surface area (Å²) < 4.78 is 5.52. The average molecular weight is 307 g/mol. The summed E-state index contributed by atoms with van der Waals surface area (Å²) in [5, 5.41) is 10.0. The molecule has 1 aromatic carbocycles. The van der Waals surface area contributed by atoms with Gasteiger partial charge in [-0.3, -0.25) is 4.98 Å². The van der Waals surface area contributed by atoms with Crippen LogP contribution in [0.15, 0.2) is 36.5 Å². The lowest BCUT2D eigenvalue weighted by atomic mass is 10.2. The molecule has 3 rings (SSSR count). The lowest BCUT2D eigenvalue weighted by Crippen LogP contribution is -1.91. The Balaban J connectivity index is 1.92. The van der Waals surface area contributed by atoms with E-state index in [0.29, 0.717) is 5.75 Å². The molecule has 0 unspecified atom stereocenters. The first-order valence-electron chi connectivity index (χ1n) is 5.56. The number of carboxylic acid groups (broad SMARTS) is 1. The van der Waals surface area contributed by atoms with Crippen LogP contribution in [0.2, 0.25) is 5.15 Å². The predicted molar refractivity (Wildman–Crippen MR) is 75.9 cm³/mol. The summed E-state index contributed by atoms with van der Waals surface area (Å²) >= 11 is 6.61. The maximum atomic E-state index is 10.9. The maximum Gasteiger partial charge on any atom is 0.349 e. The normalized spacial score (nSPS) is 10.7. The van der Waals surface area contributed by atoms with Crippen LogP contribution >= 0.6 is 22.9 Å².